The fourth-order valence-corrected chi connectivity index (χ4v) is 2.86. The molecular formula is C21H19FN4O. The van der Waals surface area contributed by atoms with Gasteiger partial charge in [0, 0.05) is 12.2 Å². The van der Waals surface area contributed by atoms with Crippen molar-refractivity contribution in [2.75, 3.05) is 17.2 Å². The lowest BCUT2D eigenvalue weighted by atomic mass is 10.1. The summed E-state index contributed by atoms with van der Waals surface area (Å²) in [6, 6.07) is 17.3. The minimum absolute atomic E-state index is 0.127. The van der Waals surface area contributed by atoms with Crippen molar-refractivity contribution < 1.29 is 8.91 Å². The normalized spacial score (nSPS) is 10.9. The molecular weight excluding hydrogens is 343 g/mol. The molecule has 0 aliphatic carbocycles. The first-order valence-electron chi connectivity index (χ1n) is 8.76. The van der Waals surface area contributed by atoms with Crippen LogP contribution in [-0.2, 0) is 6.42 Å². The van der Waals surface area contributed by atoms with Gasteiger partial charge in [0.2, 0.25) is 5.58 Å². The van der Waals surface area contributed by atoms with Gasteiger partial charge in [-0.1, -0.05) is 35.5 Å². The molecule has 2 aromatic carbocycles. The Morgan fingerprint density at radius 2 is 1.89 bits per heavy atom. The molecule has 0 fully saturated rings. The van der Waals surface area contributed by atoms with Gasteiger partial charge in [-0.15, -0.1) is 0 Å². The van der Waals surface area contributed by atoms with Crippen LogP contribution < -0.4 is 10.6 Å². The van der Waals surface area contributed by atoms with Gasteiger partial charge in [0.15, 0.2) is 11.6 Å². The molecule has 2 N–H and O–H groups in total. The molecule has 0 atom stereocenters. The monoisotopic (exact) mass is 362 g/mol. The van der Waals surface area contributed by atoms with Gasteiger partial charge in [-0.25, -0.2) is 4.39 Å². The summed E-state index contributed by atoms with van der Waals surface area (Å²) in [5.74, 6) is 0.0218. The van der Waals surface area contributed by atoms with Crippen LogP contribution in [0.15, 0.2) is 65.3 Å². The molecule has 0 saturated carbocycles. The molecule has 2 heterocycles. The number of anilines is 3. The van der Waals surface area contributed by atoms with Crippen molar-refractivity contribution in [1.82, 2.24) is 10.1 Å². The second-order valence-electron chi connectivity index (χ2n) is 6.31. The fraction of sp³-hybridized carbons (Fsp3) is 0.143. The summed E-state index contributed by atoms with van der Waals surface area (Å²) >= 11 is 0. The van der Waals surface area contributed by atoms with Crippen molar-refractivity contribution in [3.05, 3.63) is 77.9 Å². The Bertz CT molecular complexity index is 1050. The molecule has 4 aromatic rings. The van der Waals surface area contributed by atoms with E-state index < -0.39 is 5.82 Å². The maximum Gasteiger partial charge on any atom is 0.206 e. The average molecular weight is 362 g/mol. The highest BCUT2D eigenvalue weighted by Gasteiger charge is 2.16. The van der Waals surface area contributed by atoms with Crippen LogP contribution in [0.3, 0.4) is 0 Å². The third-order valence-electron chi connectivity index (χ3n) is 4.33. The van der Waals surface area contributed by atoms with E-state index in [1.54, 1.807) is 18.3 Å². The van der Waals surface area contributed by atoms with E-state index in [2.05, 4.69) is 32.9 Å². The predicted molar refractivity (Wildman–Crippen MR) is 105 cm³/mol. The number of fused-ring (bicyclic) bond motifs is 1. The number of hydrogen-bond acceptors (Lipinski definition) is 5. The number of pyridine rings is 1. The minimum Gasteiger partial charge on any atom is -0.382 e. The van der Waals surface area contributed by atoms with Crippen molar-refractivity contribution >= 4 is 28.2 Å². The van der Waals surface area contributed by atoms with Gasteiger partial charge in [0.25, 0.3) is 0 Å². The summed E-state index contributed by atoms with van der Waals surface area (Å²) in [7, 11) is 0. The van der Waals surface area contributed by atoms with Crippen LogP contribution in [0.2, 0.25) is 0 Å². The van der Waals surface area contributed by atoms with E-state index in [0.717, 1.165) is 17.8 Å². The number of aromatic nitrogens is 2. The first-order chi connectivity index (χ1) is 13.2. The average Bonchev–Trinajstić information content (AvgIpc) is 3.10. The van der Waals surface area contributed by atoms with E-state index in [9.17, 15) is 4.39 Å². The van der Waals surface area contributed by atoms with Gasteiger partial charge in [-0.3, -0.25) is 4.98 Å². The van der Waals surface area contributed by atoms with E-state index >= 15 is 0 Å². The van der Waals surface area contributed by atoms with Crippen LogP contribution >= 0.6 is 0 Å². The van der Waals surface area contributed by atoms with E-state index in [0.29, 0.717) is 23.4 Å². The Labute approximate surface area is 156 Å². The number of benzene rings is 2. The molecule has 0 saturated heterocycles. The molecule has 6 heteroatoms. The molecule has 0 amide bonds. The van der Waals surface area contributed by atoms with Crippen LogP contribution in [0.1, 0.15) is 11.3 Å². The Hall–Kier alpha value is -3.41. The van der Waals surface area contributed by atoms with Gasteiger partial charge in [-0.2, -0.15) is 0 Å². The summed E-state index contributed by atoms with van der Waals surface area (Å²) in [4.78, 5) is 4.23. The van der Waals surface area contributed by atoms with E-state index in [4.69, 9.17) is 4.52 Å². The number of nitrogens with zero attached hydrogens (tertiary/aromatic N) is 2. The number of hydrogen-bond donors (Lipinski definition) is 2. The second-order valence-corrected chi connectivity index (χ2v) is 6.31. The summed E-state index contributed by atoms with van der Waals surface area (Å²) in [5, 5.41) is 10.8. The fourth-order valence-electron chi connectivity index (χ4n) is 2.86. The SMILES string of the molecule is Cc1ccc(Nc2noc3c(F)c(NCCc4ccccc4)ccc23)cn1. The van der Waals surface area contributed by atoms with Gasteiger partial charge < -0.3 is 15.2 Å². The van der Waals surface area contributed by atoms with Crippen LogP contribution in [-0.4, -0.2) is 16.7 Å². The molecule has 0 radical (unpaired) electrons. The Balaban J connectivity index is 1.50. The van der Waals surface area contributed by atoms with Gasteiger partial charge in [0.1, 0.15) is 0 Å². The lowest BCUT2D eigenvalue weighted by Gasteiger charge is -2.08. The zero-order valence-corrected chi connectivity index (χ0v) is 14.9. The Kier molecular flexibility index (Phi) is 4.70. The number of halogens is 1. The van der Waals surface area contributed by atoms with E-state index in [1.807, 2.05) is 37.3 Å². The van der Waals surface area contributed by atoms with Gasteiger partial charge >= 0.3 is 0 Å². The van der Waals surface area contributed by atoms with Crippen LogP contribution in [0, 0.1) is 12.7 Å². The largest absolute Gasteiger partial charge is 0.382 e. The first kappa shape index (κ1) is 17.0. The van der Waals surface area contributed by atoms with Crippen LogP contribution in [0.4, 0.5) is 21.6 Å². The van der Waals surface area contributed by atoms with Crippen LogP contribution in [0.25, 0.3) is 11.0 Å². The highest BCUT2D eigenvalue weighted by atomic mass is 19.1. The standard InChI is InChI=1S/C21H19FN4O/c1-14-7-8-16(13-24-14)25-21-17-9-10-18(19(22)20(17)27-26-21)23-12-11-15-5-3-2-4-6-15/h2-10,13,23H,11-12H2,1H3,(H,25,26). The highest BCUT2D eigenvalue weighted by Crippen LogP contribution is 2.31. The molecule has 0 aliphatic rings. The molecule has 0 spiro atoms. The van der Waals surface area contributed by atoms with Gasteiger partial charge in [-0.05, 0) is 43.2 Å². The number of rotatable bonds is 6. The third-order valence-corrected chi connectivity index (χ3v) is 4.33. The molecule has 5 nitrogen and oxygen atoms in total. The molecule has 4 rings (SSSR count). The first-order valence-corrected chi connectivity index (χ1v) is 8.76. The number of aryl methyl sites for hydroxylation is 1. The topological polar surface area (TPSA) is 63.0 Å². The number of nitrogens with one attached hydrogen (secondary N) is 2. The van der Waals surface area contributed by atoms with E-state index in [-0.39, 0.29) is 5.58 Å². The van der Waals surface area contributed by atoms with Crippen molar-refractivity contribution in [2.24, 2.45) is 0 Å². The quantitative estimate of drug-likeness (QED) is 0.501. The lowest BCUT2D eigenvalue weighted by molar-refractivity contribution is 0.444. The highest BCUT2D eigenvalue weighted by molar-refractivity contribution is 5.92. The molecule has 0 bridgehead atoms. The lowest BCUT2D eigenvalue weighted by Crippen LogP contribution is -2.06. The molecule has 0 unspecified atom stereocenters. The van der Waals surface area contributed by atoms with Crippen LogP contribution in [0.5, 0.6) is 0 Å². The van der Waals surface area contributed by atoms with Gasteiger partial charge in [0.05, 0.1) is 23.0 Å². The van der Waals surface area contributed by atoms with Crippen molar-refractivity contribution in [3.8, 4) is 0 Å². The van der Waals surface area contributed by atoms with Crippen molar-refractivity contribution in [1.29, 1.82) is 0 Å². The maximum absolute atomic E-state index is 14.8. The van der Waals surface area contributed by atoms with E-state index in [1.165, 1.54) is 5.56 Å². The summed E-state index contributed by atoms with van der Waals surface area (Å²) in [6.07, 6.45) is 2.51. The minimum atomic E-state index is -0.442. The zero-order valence-electron chi connectivity index (χ0n) is 14.9. The Morgan fingerprint density at radius 3 is 2.67 bits per heavy atom. The molecule has 136 valence electrons. The smallest absolute Gasteiger partial charge is 0.206 e. The predicted octanol–water partition coefficient (Wildman–Crippen LogP) is 5.07. The molecule has 0 aliphatic heterocycles. The zero-order chi connectivity index (χ0) is 18.6. The van der Waals surface area contributed by atoms with Crippen molar-refractivity contribution in [3.63, 3.8) is 0 Å². The molecule has 2 aromatic heterocycles. The summed E-state index contributed by atoms with van der Waals surface area (Å²) in [6.45, 7) is 2.54. The summed E-state index contributed by atoms with van der Waals surface area (Å²) in [5.41, 5.74) is 3.41. The third kappa shape index (κ3) is 3.74. The maximum atomic E-state index is 14.8. The second kappa shape index (κ2) is 7.45. The Morgan fingerprint density at radius 1 is 1.04 bits per heavy atom. The summed E-state index contributed by atoms with van der Waals surface area (Å²) < 4.78 is 20.0. The molecule has 27 heavy (non-hydrogen) atoms. The van der Waals surface area contributed by atoms with Crippen molar-refractivity contribution in [2.45, 2.75) is 13.3 Å².